The summed E-state index contributed by atoms with van der Waals surface area (Å²) >= 11 is 0. The van der Waals surface area contributed by atoms with Crippen molar-refractivity contribution >= 4 is 14.0 Å². The monoisotopic (exact) mass is 229 g/mol. The van der Waals surface area contributed by atoms with Gasteiger partial charge >= 0.3 is 0 Å². The van der Waals surface area contributed by atoms with Crippen LogP contribution in [0.25, 0.3) is 5.20 Å². The molecule has 1 aromatic carbocycles. The van der Waals surface area contributed by atoms with E-state index < -0.39 is 0 Å². The van der Waals surface area contributed by atoms with E-state index in [0.29, 0.717) is 0 Å². The summed E-state index contributed by atoms with van der Waals surface area (Å²) in [6, 6.07) is 11.8. The summed E-state index contributed by atoms with van der Waals surface area (Å²) in [5, 5.41) is 1.77. The van der Waals surface area contributed by atoms with Crippen molar-refractivity contribution in [3.63, 3.8) is 0 Å². The Hall–Kier alpha value is -0.823. The van der Waals surface area contributed by atoms with Crippen molar-refractivity contribution in [2.45, 2.75) is 45.7 Å². The van der Waals surface area contributed by atoms with Crippen LogP contribution in [-0.2, 0) is 6.42 Å². The molecular formula is C15H21Si. The number of hydrogen-bond acceptors (Lipinski definition) is 0. The molecule has 16 heavy (non-hydrogen) atoms. The lowest BCUT2D eigenvalue weighted by molar-refractivity contribution is 1.04. The van der Waals surface area contributed by atoms with Crippen LogP contribution in [0.3, 0.4) is 0 Å². The summed E-state index contributed by atoms with van der Waals surface area (Å²) < 4.78 is 0. The van der Waals surface area contributed by atoms with Gasteiger partial charge in [-0.15, -0.1) is 0 Å². The first-order valence-electron chi connectivity index (χ1n) is 6.47. The molecule has 0 bridgehead atoms. The lowest BCUT2D eigenvalue weighted by Gasteiger charge is -2.15. The molecule has 0 amide bonds. The first-order chi connectivity index (χ1) is 7.81. The Labute approximate surface area is 101 Å². The van der Waals surface area contributed by atoms with Crippen molar-refractivity contribution in [2.24, 2.45) is 0 Å². The van der Waals surface area contributed by atoms with Crippen LogP contribution < -0.4 is 0 Å². The van der Waals surface area contributed by atoms with E-state index in [1.165, 1.54) is 24.9 Å². The highest BCUT2D eigenvalue weighted by Gasteiger charge is 2.25. The van der Waals surface area contributed by atoms with Crippen molar-refractivity contribution < 1.29 is 0 Å². The zero-order valence-corrected chi connectivity index (χ0v) is 11.6. The van der Waals surface area contributed by atoms with Crippen molar-refractivity contribution in [3.05, 3.63) is 41.0 Å². The van der Waals surface area contributed by atoms with Gasteiger partial charge in [0.1, 0.15) is 0 Å². The molecule has 0 fully saturated rings. The van der Waals surface area contributed by atoms with E-state index in [1.54, 1.807) is 21.9 Å². The minimum Gasteiger partial charge on any atom is -0.0677 e. The summed E-state index contributed by atoms with van der Waals surface area (Å²) in [7, 11) is -0.293. The van der Waals surface area contributed by atoms with Crippen LogP contribution in [0.15, 0.2) is 29.8 Å². The van der Waals surface area contributed by atoms with Gasteiger partial charge < -0.3 is 0 Å². The van der Waals surface area contributed by atoms with Gasteiger partial charge in [0.2, 0.25) is 0 Å². The molecule has 0 saturated carbocycles. The van der Waals surface area contributed by atoms with Crippen molar-refractivity contribution in [3.8, 4) is 0 Å². The van der Waals surface area contributed by atoms with Gasteiger partial charge in [0.05, 0.1) is 8.80 Å². The molecule has 0 heterocycles. The van der Waals surface area contributed by atoms with Gasteiger partial charge in [-0.1, -0.05) is 67.9 Å². The Morgan fingerprint density at radius 3 is 2.38 bits per heavy atom. The molecule has 0 aromatic heterocycles. The summed E-state index contributed by atoms with van der Waals surface area (Å²) in [4.78, 5) is 0. The molecule has 1 aromatic rings. The highest BCUT2D eigenvalue weighted by Crippen LogP contribution is 2.37. The number of rotatable bonds is 4. The Bertz CT molecular complexity index is 400. The van der Waals surface area contributed by atoms with Crippen LogP contribution >= 0.6 is 0 Å². The van der Waals surface area contributed by atoms with Gasteiger partial charge in [-0.2, -0.15) is 0 Å². The number of hydrogen-bond donors (Lipinski definition) is 0. The fourth-order valence-corrected chi connectivity index (χ4v) is 5.37. The molecule has 0 N–H and O–H groups in total. The molecule has 0 aliphatic heterocycles. The molecule has 0 spiro atoms. The lowest BCUT2D eigenvalue weighted by Crippen LogP contribution is -2.13. The van der Waals surface area contributed by atoms with Gasteiger partial charge in [-0.3, -0.25) is 0 Å². The molecule has 1 aliphatic rings. The van der Waals surface area contributed by atoms with Gasteiger partial charge in [0.15, 0.2) is 0 Å². The van der Waals surface area contributed by atoms with Crippen LogP contribution in [0.1, 0.15) is 38.3 Å². The first-order valence-corrected chi connectivity index (χ1v) is 8.38. The number of benzene rings is 1. The van der Waals surface area contributed by atoms with E-state index in [0.717, 1.165) is 0 Å². The van der Waals surface area contributed by atoms with Gasteiger partial charge in [0, 0.05) is 0 Å². The Balaban J connectivity index is 2.45. The highest BCUT2D eigenvalue weighted by atomic mass is 28.3. The average molecular weight is 229 g/mol. The number of allylic oxidation sites excluding steroid dienone is 1. The molecule has 0 saturated heterocycles. The number of fused-ring (bicyclic) bond motifs is 1. The third kappa shape index (κ3) is 1.89. The maximum atomic E-state index is 2.36. The van der Waals surface area contributed by atoms with Gasteiger partial charge in [-0.25, -0.2) is 0 Å². The summed E-state index contributed by atoms with van der Waals surface area (Å²) in [5.41, 5.74) is 4.87. The van der Waals surface area contributed by atoms with E-state index in [4.69, 9.17) is 0 Å². The third-order valence-electron chi connectivity index (χ3n) is 3.68. The normalized spacial score (nSPS) is 14.8. The maximum absolute atomic E-state index is 2.36. The summed E-state index contributed by atoms with van der Waals surface area (Å²) in [6.07, 6.45) is 2.45. The second-order valence-electron chi connectivity index (χ2n) is 4.48. The molecule has 1 radical (unpaired) electrons. The van der Waals surface area contributed by atoms with E-state index in [-0.39, 0.29) is 8.80 Å². The van der Waals surface area contributed by atoms with Crippen molar-refractivity contribution in [2.75, 3.05) is 0 Å². The third-order valence-corrected chi connectivity index (χ3v) is 6.72. The van der Waals surface area contributed by atoms with Crippen LogP contribution in [0.2, 0.25) is 12.1 Å². The fraction of sp³-hybridized carbons (Fsp3) is 0.467. The van der Waals surface area contributed by atoms with Gasteiger partial charge in [-0.05, 0) is 24.0 Å². The van der Waals surface area contributed by atoms with Crippen molar-refractivity contribution in [1.82, 2.24) is 0 Å². The van der Waals surface area contributed by atoms with E-state index in [9.17, 15) is 0 Å². The standard InChI is InChI=1S/C15H21Si/c1-4-12-11-13-9-7-8-10-14(13)15(12)16(5-2)6-3/h7-10H,4-6,11H2,1-3H3. The van der Waals surface area contributed by atoms with Crippen molar-refractivity contribution in [1.29, 1.82) is 0 Å². The average Bonchev–Trinajstić information content (AvgIpc) is 2.70. The van der Waals surface area contributed by atoms with Crippen LogP contribution in [-0.4, -0.2) is 8.80 Å². The molecule has 2 rings (SSSR count). The molecule has 0 unspecified atom stereocenters. The molecule has 85 valence electrons. The molecule has 0 nitrogen and oxygen atoms in total. The fourth-order valence-electron chi connectivity index (χ4n) is 2.77. The van der Waals surface area contributed by atoms with E-state index in [1.807, 2.05) is 0 Å². The quantitative estimate of drug-likeness (QED) is 0.668. The largest absolute Gasteiger partial charge is 0.0858 e. The minimum atomic E-state index is -0.293. The second kappa shape index (κ2) is 5.01. The molecular weight excluding hydrogens is 208 g/mol. The minimum absolute atomic E-state index is 0.293. The van der Waals surface area contributed by atoms with Crippen LogP contribution in [0.4, 0.5) is 0 Å². The SMILES string of the molecule is CCC1=C([Si](CC)CC)c2ccccc2C1. The Morgan fingerprint density at radius 1 is 1.06 bits per heavy atom. The topological polar surface area (TPSA) is 0 Å². The van der Waals surface area contributed by atoms with Crippen LogP contribution in [0, 0.1) is 0 Å². The predicted molar refractivity (Wildman–Crippen MR) is 74.1 cm³/mol. The Kier molecular flexibility index (Phi) is 3.65. The zero-order valence-electron chi connectivity index (χ0n) is 10.6. The summed E-state index contributed by atoms with van der Waals surface area (Å²) in [6.45, 7) is 7.03. The van der Waals surface area contributed by atoms with Crippen LogP contribution in [0.5, 0.6) is 0 Å². The highest BCUT2D eigenvalue weighted by molar-refractivity contribution is 6.79. The molecule has 0 atom stereocenters. The van der Waals surface area contributed by atoms with Gasteiger partial charge in [0.25, 0.3) is 0 Å². The zero-order chi connectivity index (χ0) is 11.5. The maximum Gasteiger partial charge on any atom is 0.0858 e. The Morgan fingerprint density at radius 2 is 1.75 bits per heavy atom. The molecule has 1 heteroatoms. The first kappa shape index (κ1) is 11.7. The van der Waals surface area contributed by atoms with E-state index >= 15 is 0 Å². The smallest absolute Gasteiger partial charge is 0.0677 e. The van der Waals surface area contributed by atoms with E-state index in [2.05, 4.69) is 45.0 Å². The lowest BCUT2D eigenvalue weighted by atomic mass is 10.1. The predicted octanol–water partition coefficient (Wildman–Crippen LogP) is 4.48. The summed E-state index contributed by atoms with van der Waals surface area (Å²) in [5.74, 6) is 0. The second-order valence-corrected chi connectivity index (χ2v) is 7.60. The molecule has 1 aliphatic carbocycles.